The lowest BCUT2D eigenvalue weighted by Crippen LogP contribution is -2.23. The number of ether oxygens (including phenoxy) is 1. The monoisotopic (exact) mass is 432 g/mol. The molecule has 0 fully saturated rings. The molecule has 4 N–H and O–H groups in total. The number of esters is 1. The molecule has 2 aromatic rings. The molecule has 0 spiro atoms. The standard InChI is InChI=1S/C21H36N8O2/c1-15(9-8-10-24-21(22)23)16(2)20(30)31-12-7-5-6-11-29-14-27-17-18(28(3)4)25-13-26-19(17)29/h13-16H,5-12H2,1-4H3,(H4,22,23,24)/t15-,16?/m1/s1. The van der Waals surface area contributed by atoms with Crippen molar-refractivity contribution in [3.8, 4) is 0 Å². The summed E-state index contributed by atoms with van der Waals surface area (Å²) in [6, 6.07) is 0. The van der Waals surface area contributed by atoms with Crippen LogP contribution in [0.4, 0.5) is 5.82 Å². The molecule has 2 atom stereocenters. The first kappa shape index (κ1) is 24.4. The van der Waals surface area contributed by atoms with Crippen LogP contribution >= 0.6 is 0 Å². The summed E-state index contributed by atoms with van der Waals surface area (Å²) >= 11 is 0. The van der Waals surface area contributed by atoms with Crippen molar-refractivity contribution in [2.24, 2.45) is 28.3 Å². The van der Waals surface area contributed by atoms with Crippen molar-refractivity contribution < 1.29 is 9.53 Å². The second-order valence-corrected chi connectivity index (χ2v) is 8.14. The van der Waals surface area contributed by atoms with Gasteiger partial charge in [0, 0.05) is 27.2 Å². The summed E-state index contributed by atoms with van der Waals surface area (Å²) < 4.78 is 7.51. The molecule has 1 unspecified atom stereocenters. The number of hydrogen-bond acceptors (Lipinski definition) is 7. The molecule has 0 bridgehead atoms. The first-order valence-electron chi connectivity index (χ1n) is 10.9. The van der Waals surface area contributed by atoms with Gasteiger partial charge in [-0.05, 0) is 38.0 Å². The topological polar surface area (TPSA) is 138 Å². The Balaban J connectivity index is 1.66. The highest BCUT2D eigenvalue weighted by molar-refractivity contribution is 5.82. The Hall–Kier alpha value is -2.91. The Labute approximate surface area is 184 Å². The Kier molecular flexibility index (Phi) is 9.48. The van der Waals surface area contributed by atoms with Crippen LogP contribution in [0.3, 0.4) is 0 Å². The number of fused-ring (bicyclic) bond motifs is 1. The third kappa shape index (κ3) is 7.37. The van der Waals surface area contributed by atoms with Crippen molar-refractivity contribution in [1.82, 2.24) is 19.5 Å². The van der Waals surface area contributed by atoms with E-state index in [0.29, 0.717) is 13.2 Å². The maximum Gasteiger partial charge on any atom is 0.308 e. The van der Waals surface area contributed by atoms with Crippen molar-refractivity contribution in [1.29, 1.82) is 0 Å². The minimum atomic E-state index is -0.137. The van der Waals surface area contributed by atoms with Gasteiger partial charge in [0.2, 0.25) is 0 Å². The molecule has 172 valence electrons. The molecule has 0 saturated heterocycles. The van der Waals surface area contributed by atoms with Crippen molar-refractivity contribution in [2.45, 2.75) is 52.5 Å². The number of imidazole rings is 1. The second-order valence-electron chi connectivity index (χ2n) is 8.14. The van der Waals surface area contributed by atoms with E-state index in [1.165, 1.54) is 0 Å². The highest BCUT2D eigenvalue weighted by Crippen LogP contribution is 2.20. The number of rotatable bonds is 13. The zero-order chi connectivity index (χ0) is 22.8. The predicted molar refractivity (Wildman–Crippen MR) is 123 cm³/mol. The fourth-order valence-corrected chi connectivity index (χ4v) is 3.33. The van der Waals surface area contributed by atoms with Gasteiger partial charge >= 0.3 is 5.97 Å². The molecule has 2 rings (SSSR count). The van der Waals surface area contributed by atoms with Crippen molar-refractivity contribution in [3.63, 3.8) is 0 Å². The zero-order valence-electron chi connectivity index (χ0n) is 19.1. The number of aromatic nitrogens is 4. The fraction of sp³-hybridized carbons (Fsp3) is 0.667. The summed E-state index contributed by atoms with van der Waals surface area (Å²) in [4.78, 5) is 31.3. The second kappa shape index (κ2) is 12.1. The van der Waals surface area contributed by atoms with Crippen LogP contribution in [0.25, 0.3) is 11.2 Å². The van der Waals surface area contributed by atoms with Crippen LogP contribution < -0.4 is 16.4 Å². The average molecular weight is 433 g/mol. The largest absolute Gasteiger partial charge is 0.465 e. The van der Waals surface area contributed by atoms with Gasteiger partial charge in [0.05, 0.1) is 18.9 Å². The van der Waals surface area contributed by atoms with Crippen molar-refractivity contribution in [3.05, 3.63) is 12.7 Å². The van der Waals surface area contributed by atoms with E-state index in [-0.39, 0.29) is 23.8 Å². The van der Waals surface area contributed by atoms with Crippen molar-refractivity contribution >= 4 is 28.9 Å². The highest BCUT2D eigenvalue weighted by atomic mass is 16.5. The first-order valence-corrected chi connectivity index (χ1v) is 10.9. The number of aryl methyl sites for hydroxylation is 1. The van der Waals surface area contributed by atoms with Gasteiger partial charge in [0.1, 0.15) is 6.33 Å². The summed E-state index contributed by atoms with van der Waals surface area (Å²) in [5, 5.41) is 0. The van der Waals surface area contributed by atoms with Crippen LogP contribution in [0.2, 0.25) is 0 Å². The summed E-state index contributed by atoms with van der Waals surface area (Å²) in [7, 11) is 3.88. The number of carbonyl (C=O) groups is 1. The Bertz CT molecular complexity index is 860. The Morgan fingerprint density at radius 2 is 1.94 bits per heavy atom. The van der Waals surface area contributed by atoms with Crippen LogP contribution in [-0.4, -0.2) is 58.7 Å². The molecular weight excluding hydrogens is 396 g/mol. The zero-order valence-corrected chi connectivity index (χ0v) is 19.1. The average Bonchev–Trinajstić information content (AvgIpc) is 3.15. The number of guanidine groups is 1. The van der Waals surface area contributed by atoms with Gasteiger partial charge < -0.3 is 25.7 Å². The van der Waals surface area contributed by atoms with E-state index < -0.39 is 0 Å². The molecule has 2 heterocycles. The van der Waals surface area contributed by atoms with E-state index >= 15 is 0 Å². The Morgan fingerprint density at radius 1 is 1.16 bits per heavy atom. The normalized spacial score (nSPS) is 13.0. The van der Waals surface area contributed by atoms with Gasteiger partial charge in [-0.15, -0.1) is 0 Å². The number of anilines is 1. The third-order valence-corrected chi connectivity index (χ3v) is 5.43. The molecule has 10 heteroatoms. The smallest absolute Gasteiger partial charge is 0.308 e. The van der Waals surface area contributed by atoms with E-state index in [0.717, 1.165) is 55.6 Å². The van der Waals surface area contributed by atoms with Gasteiger partial charge in [-0.3, -0.25) is 9.79 Å². The number of nitrogens with two attached hydrogens (primary N) is 2. The molecule has 0 aliphatic carbocycles. The first-order chi connectivity index (χ1) is 14.8. The Morgan fingerprint density at radius 3 is 2.65 bits per heavy atom. The van der Waals surface area contributed by atoms with Crippen LogP contribution in [0.1, 0.15) is 46.0 Å². The molecule has 0 aliphatic heterocycles. The number of aliphatic imine (C=N–C) groups is 1. The molecule has 0 radical (unpaired) electrons. The highest BCUT2D eigenvalue weighted by Gasteiger charge is 2.21. The van der Waals surface area contributed by atoms with E-state index in [1.54, 1.807) is 6.33 Å². The number of unbranched alkanes of at least 4 members (excludes halogenated alkanes) is 2. The summed E-state index contributed by atoms with van der Waals surface area (Å²) in [5.41, 5.74) is 12.3. The maximum atomic E-state index is 12.3. The van der Waals surface area contributed by atoms with Crippen LogP contribution in [-0.2, 0) is 16.1 Å². The molecule has 0 aromatic carbocycles. The van der Waals surface area contributed by atoms with Gasteiger partial charge in [-0.25, -0.2) is 15.0 Å². The van der Waals surface area contributed by atoms with E-state index in [9.17, 15) is 4.79 Å². The minimum absolute atomic E-state index is 0.105. The predicted octanol–water partition coefficient (Wildman–Crippen LogP) is 1.93. The lowest BCUT2D eigenvalue weighted by molar-refractivity contribution is -0.149. The number of nitrogens with zero attached hydrogens (tertiary/aromatic N) is 6. The SMILES string of the molecule is CC(C(=O)OCCCCCn1cnc2c(N(C)C)ncnc21)[C@H](C)CCCN=C(N)N. The molecular formula is C21H36N8O2. The lowest BCUT2D eigenvalue weighted by Gasteiger charge is -2.18. The summed E-state index contributed by atoms with van der Waals surface area (Å²) in [5.74, 6) is 0.874. The number of carbonyl (C=O) groups excluding carboxylic acids is 1. The molecule has 2 aromatic heterocycles. The quantitative estimate of drug-likeness (QED) is 0.212. The lowest BCUT2D eigenvalue weighted by atomic mass is 9.92. The van der Waals surface area contributed by atoms with E-state index in [2.05, 4.69) is 26.9 Å². The maximum absolute atomic E-state index is 12.3. The van der Waals surface area contributed by atoms with Gasteiger partial charge in [-0.2, -0.15) is 0 Å². The van der Waals surface area contributed by atoms with Crippen molar-refractivity contribution in [2.75, 3.05) is 32.1 Å². The molecule has 0 aliphatic rings. The van der Waals surface area contributed by atoms with Crippen LogP contribution in [0.5, 0.6) is 0 Å². The molecule has 10 nitrogen and oxygen atoms in total. The van der Waals surface area contributed by atoms with E-state index in [1.807, 2.05) is 36.8 Å². The molecule has 0 saturated carbocycles. The van der Waals surface area contributed by atoms with Crippen LogP contribution in [0, 0.1) is 11.8 Å². The summed E-state index contributed by atoms with van der Waals surface area (Å²) in [6.45, 7) is 5.83. The fourth-order valence-electron chi connectivity index (χ4n) is 3.33. The molecule has 0 amide bonds. The minimum Gasteiger partial charge on any atom is -0.465 e. The van der Waals surface area contributed by atoms with Gasteiger partial charge in [0.15, 0.2) is 22.9 Å². The van der Waals surface area contributed by atoms with E-state index in [4.69, 9.17) is 16.2 Å². The van der Waals surface area contributed by atoms with Gasteiger partial charge in [-0.1, -0.05) is 13.8 Å². The number of hydrogen-bond donors (Lipinski definition) is 2. The third-order valence-electron chi connectivity index (χ3n) is 5.43. The van der Waals surface area contributed by atoms with Crippen LogP contribution in [0.15, 0.2) is 17.6 Å². The van der Waals surface area contributed by atoms with Gasteiger partial charge in [0.25, 0.3) is 0 Å². The molecule has 31 heavy (non-hydrogen) atoms. The summed E-state index contributed by atoms with van der Waals surface area (Å²) in [6.07, 6.45) is 7.86.